The minimum atomic E-state index is -3.74. The predicted molar refractivity (Wildman–Crippen MR) is 142 cm³/mol. The van der Waals surface area contributed by atoms with Gasteiger partial charge in [0.15, 0.2) is 0 Å². The van der Waals surface area contributed by atoms with Crippen LogP contribution in [0.15, 0.2) is 63.3 Å². The summed E-state index contributed by atoms with van der Waals surface area (Å²) in [5.41, 5.74) is 2.28. The van der Waals surface area contributed by atoms with Crippen LogP contribution in [0.3, 0.4) is 0 Å². The van der Waals surface area contributed by atoms with Crippen molar-refractivity contribution in [3.05, 3.63) is 79.4 Å². The number of thiophene rings is 1. The molecule has 0 fully saturated rings. The maximum absolute atomic E-state index is 13.6. The number of nitrogens with zero attached hydrogens (tertiary/aromatic N) is 2. The number of rotatable bonds is 6. The van der Waals surface area contributed by atoms with E-state index in [2.05, 4.69) is 21.2 Å². The van der Waals surface area contributed by atoms with E-state index in [1.807, 2.05) is 24.3 Å². The Balaban J connectivity index is 1.58. The second-order valence-electron chi connectivity index (χ2n) is 8.27. The number of hydrogen-bond donors (Lipinski definition) is 1. The van der Waals surface area contributed by atoms with Crippen LogP contribution in [0, 0.1) is 0 Å². The first-order valence-electron chi connectivity index (χ1n) is 10.7. The minimum Gasteiger partial charge on any atom is -0.351 e. The second-order valence-corrected chi connectivity index (χ2v) is 12.5. The fourth-order valence-corrected chi connectivity index (χ4v) is 6.74. The van der Waals surface area contributed by atoms with Crippen LogP contribution in [0.25, 0.3) is 0 Å². The number of amides is 2. The van der Waals surface area contributed by atoms with Crippen LogP contribution in [0.1, 0.15) is 27.7 Å². The Bertz CT molecular complexity index is 1380. The number of anilines is 1. The first kappa shape index (κ1) is 25.8. The van der Waals surface area contributed by atoms with Crippen molar-refractivity contribution in [2.75, 3.05) is 18.5 Å². The third-order valence-electron chi connectivity index (χ3n) is 5.71. The monoisotopic (exact) mass is 595 g/mol. The number of sulfonamides is 1. The van der Waals surface area contributed by atoms with Gasteiger partial charge in [-0.3, -0.25) is 9.59 Å². The molecule has 1 N–H and O–H groups in total. The maximum Gasteiger partial charge on any atom is 0.269 e. The Kier molecular flexibility index (Phi) is 7.68. The number of halogens is 2. The lowest BCUT2D eigenvalue weighted by atomic mass is 9.97. The van der Waals surface area contributed by atoms with Crippen molar-refractivity contribution in [2.24, 2.45) is 0 Å². The Hall–Kier alpha value is -2.24. The van der Waals surface area contributed by atoms with E-state index in [-0.39, 0.29) is 34.3 Å². The summed E-state index contributed by atoms with van der Waals surface area (Å²) in [6.07, 6.45) is 0.627. The molecule has 1 aliphatic heterocycles. The summed E-state index contributed by atoms with van der Waals surface area (Å²) in [5, 5.41) is 4.85. The molecule has 3 aromatic rings. The molecule has 11 heteroatoms. The first-order chi connectivity index (χ1) is 16.6. The molecule has 35 heavy (non-hydrogen) atoms. The number of hydrogen-bond acceptors (Lipinski definition) is 5. The molecule has 0 saturated heterocycles. The fraction of sp³-hybridized carbons (Fsp3) is 0.250. The highest BCUT2D eigenvalue weighted by molar-refractivity contribution is 9.10. The molecule has 0 radical (unpaired) electrons. The summed E-state index contributed by atoms with van der Waals surface area (Å²) in [6.45, 7) is 1.79. The van der Waals surface area contributed by atoms with Crippen LogP contribution in [-0.2, 0) is 27.8 Å². The molecular weight excluding hydrogens is 574 g/mol. The summed E-state index contributed by atoms with van der Waals surface area (Å²) in [7, 11) is -2.26. The summed E-state index contributed by atoms with van der Waals surface area (Å²) in [5.74, 6) is -0.444. The van der Waals surface area contributed by atoms with Gasteiger partial charge in [0.2, 0.25) is 15.9 Å². The van der Waals surface area contributed by atoms with Crippen molar-refractivity contribution in [3.8, 4) is 0 Å². The smallest absolute Gasteiger partial charge is 0.269 e. The van der Waals surface area contributed by atoms with Crippen molar-refractivity contribution >= 4 is 66.4 Å². The molecule has 0 spiro atoms. The number of carbonyl (C=O) groups excluding carboxylic acids is 2. The lowest BCUT2D eigenvalue weighted by Crippen LogP contribution is -2.49. The van der Waals surface area contributed by atoms with E-state index in [1.165, 1.54) is 41.7 Å². The summed E-state index contributed by atoms with van der Waals surface area (Å²) < 4.78 is 27.9. The SMILES string of the molecule is CC(=O)NC1Cc2ccccc2N(C(=O)c2scc(CN(C)S(=O)(=O)c3ccc(Br)cc3)c2Cl)C1. The molecule has 1 aliphatic rings. The molecule has 4 rings (SSSR count). The largest absolute Gasteiger partial charge is 0.351 e. The van der Waals surface area contributed by atoms with Crippen molar-refractivity contribution in [3.63, 3.8) is 0 Å². The van der Waals surface area contributed by atoms with E-state index < -0.39 is 10.0 Å². The van der Waals surface area contributed by atoms with Gasteiger partial charge in [0.05, 0.1) is 16.0 Å². The Morgan fingerprint density at radius 1 is 1.20 bits per heavy atom. The van der Waals surface area contributed by atoms with E-state index in [4.69, 9.17) is 11.6 Å². The molecule has 184 valence electrons. The lowest BCUT2D eigenvalue weighted by molar-refractivity contribution is -0.119. The molecule has 1 unspecified atom stereocenters. The molecule has 2 amide bonds. The number of benzene rings is 2. The highest BCUT2D eigenvalue weighted by Gasteiger charge is 2.32. The van der Waals surface area contributed by atoms with Crippen molar-refractivity contribution in [2.45, 2.75) is 30.8 Å². The van der Waals surface area contributed by atoms with Gasteiger partial charge in [-0.1, -0.05) is 45.7 Å². The van der Waals surface area contributed by atoms with Gasteiger partial charge in [0.25, 0.3) is 5.91 Å². The Morgan fingerprint density at radius 3 is 2.57 bits per heavy atom. The van der Waals surface area contributed by atoms with E-state index >= 15 is 0 Å². The van der Waals surface area contributed by atoms with Crippen LogP contribution in [-0.4, -0.2) is 44.2 Å². The predicted octanol–water partition coefficient (Wildman–Crippen LogP) is 4.69. The molecule has 1 atom stereocenters. The zero-order valence-corrected chi connectivity index (χ0v) is 23.0. The van der Waals surface area contributed by atoms with Crippen LogP contribution in [0.4, 0.5) is 5.69 Å². The molecule has 0 saturated carbocycles. The van der Waals surface area contributed by atoms with Crippen LogP contribution < -0.4 is 10.2 Å². The van der Waals surface area contributed by atoms with E-state index in [1.54, 1.807) is 22.4 Å². The van der Waals surface area contributed by atoms with E-state index in [9.17, 15) is 18.0 Å². The van der Waals surface area contributed by atoms with E-state index in [0.717, 1.165) is 15.7 Å². The highest BCUT2D eigenvalue weighted by Crippen LogP contribution is 2.35. The molecule has 0 aliphatic carbocycles. The maximum atomic E-state index is 13.6. The normalized spacial score (nSPS) is 15.7. The molecule has 2 aromatic carbocycles. The molecule has 1 aromatic heterocycles. The third kappa shape index (κ3) is 5.46. The fourth-order valence-electron chi connectivity index (χ4n) is 4.04. The highest BCUT2D eigenvalue weighted by atomic mass is 79.9. The third-order valence-corrected chi connectivity index (χ3v) is 9.62. The number of carbonyl (C=O) groups is 2. The summed E-state index contributed by atoms with van der Waals surface area (Å²) in [4.78, 5) is 27.3. The average Bonchev–Trinajstić information content (AvgIpc) is 3.17. The van der Waals surface area contributed by atoms with Gasteiger partial charge >= 0.3 is 0 Å². The van der Waals surface area contributed by atoms with Crippen molar-refractivity contribution < 1.29 is 18.0 Å². The quantitative estimate of drug-likeness (QED) is 0.447. The number of para-hydroxylation sites is 1. The Morgan fingerprint density at radius 2 is 1.89 bits per heavy atom. The van der Waals surface area contributed by atoms with Gasteiger partial charge in [-0.15, -0.1) is 11.3 Å². The molecular formula is C24H23BrClN3O4S2. The number of fused-ring (bicyclic) bond motifs is 1. The van der Waals surface area contributed by atoms with Crippen LogP contribution in [0.2, 0.25) is 5.02 Å². The van der Waals surface area contributed by atoms with Gasteiger partial charge in [-0.2, -0.15) is 4.31 Å². The Labute approximate surface area is 221 Å². The van der Waals surface area contributed by atoms with Gasteiger partial charge in [0.1, 0.15) is 4.88 Å². The number of nitrogens with one attached hydrogen (secondary N) is 1. The zero-order chi connectivity index (χ0) is 25.3. The van der Waals surface area contributed by atoms with Gasteiger partial charge in [0, 0.05) is 37.2 Å². The van der Waals surface area contributed by atoms with Gasteiger partial charge < -0.3 is 10.2 Å². The van der Waals surface area contributed by atoms with Crippen LogP contribution in [0.5, 0.6) is 0 Å². The minimum absolute atomic E-state index is 0.0200. The van der Waals surface area contributed by atoms with E-state index in [0.29, 0.717) is 23.4 Å². The summed E-state index contributed by atoms with van der Waals surface area (Å²) in [6, 6.07) is 13.7. The van der Waals surface area contributed by atoms with Gasteiger partial charge in [-0.25, -0.2) is 8.42 Å². The standard InChI is InChI=1S/C24H23BrClN3O4S2/c1-15(30)27-19-11-16-5-3-4-6-21(16)29(13-19)24(31)23-22(26)17(14-34-23)12-28(2)35(32,33)20-9-7-18(25)8-10-20/h3-10,14,19H,11-13H2,1-2H3,(H,27,30). The average molecular weight is 597 g/mol. The molecule has 7 nitrogen and oxygen atoms in total. The van der Waals surface area contributed by atoms with Crippen molar-refractivity contribution in [1.82, 2.24) is 9.62 Å². The lowest BCUT2D eigenvalue weighted by Gasteiger charge is -2.34. The molecule has 0 bridgehead atoms. The molecule has 2 heterocycles. The second kappa shape index (κ2) is 10.4. The van der Waals surface area contributed by atoms with Gasteiger partial charge in [-0.05, 0) is 53.3 Å². The zero-order valence-electron chi connectivity index (χ0n) is 19.0. The topological polar surface area (TPSA) is 86.8 Å². The van der Waals surface area contributed by atoms with Crippen molar-refractivity contribution in [1.29, 1.82) is 0 Å². The summed E-state index contributed by atoms with van der Waals surface area (Å²) >= 11 is 11.1. The first-order valence-corrected chi connectivity index (χ1v) is 14.2. The van der Waals surface area contributed by atoms with Crippen LogP contribution >= 0.6 is 38.9 Å².